The molecule has 5 heteroatoms. The third-order valence-electron chi connectivity index (χ3n) is 4.66. The van der Waals surface area contributed by atoms with Gasteiger partial charge in [0.1, 0.15) is 5.83 Å². The van der Waals surface area contributed by atoms with Gasteiger partial charge in [-0.25, -0.2) is 4.39 Å². The summed E-state index contributed by atoms with van der Waals surface area (Å²) in [6.07, 6.45) is 1.78. The monoisotopic (exact) mass is 282 g/mol. The van der Waals surface area contributed by atoms with Crippen LogP contribution in [0, 0.1) is 23.7 Å². The third-order valence-corrected chi connectivity index (χ3v) is 5.03. The third kappa shape index (κ3) is 2.30. The van der Waals surface area contributed by atoms with Gasteiger partial charge in [-0.3, -0.25) is 4.21 Å². The second-order valence-corrected chi connectivity index (χ2v) is 6.54. The van der Waals surface area contributed by atoms with Gasteiger partial charge in [0.15, 0.2) is 0 Å². The average Bonchev–Trinajstić information content (AvgIpc) is 3.20. The van der Waals surface area contributed by atoms with Crippen LogP contribution in [0.1, 0.15) is 26.7 Å². The van der Waals surface area contributed by atoms with Crippen LogP contribution in [-0.4, -0.2) is 8.76 Å². The van der Waals surface area contributed by atoms with E-state index in [1.807, 2.05) is 13.8 Å². The first-order chi connectivity index (χ1) is 8.91. The zero-order chi connectivity index (χ0) is 13.9. The molecule has 0 bridgehead atoms. The van der Waals surface area contributed by atoms with Crippen molar-refractivity contribution in [2.24, 2.45) is 23.7 Å². The van der Waals surface area contributed by atoms with Crippen molar-refractivity contribution >= 4 is 11.3 Å². The van der Waals surface area contributed by atoms with Crippen LogP contribution in [0.5, 0.6) is 0 Å². The predicted molar refractivity (Wildman–Crippen MR) is 70.9 cm³/mol. The van der Waals surface area contributed by atoms with Gasteiger partial charge in [0.05, 0.1) is 5.70 Å². The minimum Gasteiger partial charge on any atom is -0.755 e. The van der Waals surface area contributed by atoms with Gasteiger partial charge < -0.3 is 9.27 Å². The predicted octanol–water partition coefficient (Wildman–Crippen LogP) is 2.73. The quantitative estimate of drug-likeness (QED) is 0.636. The van der Waals surface area contributed by atoms with Crippen molar-refractivity contribution in [1.29, 1.82) is 0 Å². The first-order valence-corrected chi connectivity index (χ1v) is 7.65. The summed E-state index contributed by atoms with van der Waals surface area (Å²) in [5.74, 6) is 0.817. The van der Waals surface area contributed by atoms with Crippen molar-refractivity contribution < 1.29 is 13.2 Å². The molecule has 3 rings (SSSR count). The highest BCUT2D eigenvalue weighted by Gasteiger charge is 2.49. The number of halogens is 1. The summed E-state index contributed by atoms with van der Waals surface area (Å²) in [5.41, 5.74) is 3.04. The van der Waals surface area contributed by atoms with Crippen LogP contribution in [-0.2, 0) is 11.3 Å². The minimum atomic E-state index is -2.48. The van der Waals surface area contributed by atoms with Crippen LogP contribution in [0.3, 0.4) is 0 Å². The molecule has 1 N–H and O–H groups in total. The normalized spacial score (nSPS) is 39.8. The van der Waals surface area contributed by atoms with Crippen molar-refractivity contribution in [3.63, 3.8) is 0 Å². The summed E-state index contributed by atoms with van der Waals surface area (Å²) in [7, 11) is 0. The molecule has 3 saturated carbocycles. The standard InChI is InChI=1S/C14H18FNO2S/c1-6-4-9(6)10-5-11(10)14(16-19(17)18)13(15)12-7(2)8(12)3/h7-10,16H,1,4-5H2,2-3H3,(H,17,18)/p-1. The van der Waals surface area contributed by atoms with Crippen molar-refractivity contribution in [3.8, 4) is 0 Å². The Balaban J connectivity index is 1.88. The summed E-state index contributed by atoms with van der Waals surface area (Å²) < 4.78 is 38.4. The number of nitrogens with one attached hydrogen (secondary N) is 1. The summed E-state index contributed by atoms with van der Waals surface area (Å²) in [4.78, 5) is 0. The molecule has 0 heterocycles. The molecule has 3 aliphatic rings. The summed E-state index contributed by atoms with van der Waals surface area (Å²) in [6.45, 7) is 7.83. The largest absolute Gasteiger partial charge is 0.755 e. The van der Waals surface area contributed by atoms with Crippen molar-refractivity contribution in [3.05, 3.63) is 34.8 Å². The molecule has 0 aliphatic heterocycles. The van der Waals surface area contributed by atoms with E-state index in [9.17, 15) is 13.2 Å². The van der Waals surface area contributed by atoms with Crippen molar-refractivity contribution in [1.82, 2.24) is 4.72 Å². The Labute approximate surface area is 115 Å². The molecule has 0 aromatic heterocycles. The highest BCUT2D eigenvalue weighted by atomic mass is 32.2. The fourth-order valence-electron chi connectivity index (χ4n) is 2.95. The fourth-order valence-corrected chi connectivity index (χ4v) is 3.33. The molecule has 3 aliphatic carbocycles. The molecular formula is C14H17FNO2S-. The van der Waals surface area contributed by atoms with Crippen LogP contribution in [0.2, 0.25) is 0 Å². The van der Waals surface area contributed by atoms with E-state index in [1.165, 1.54) is 5.57 Å². The van der Waals surface area contributed by atoms with Crippen molar-refractivity contribution in [2.75, 3.05) is 0 Å². The van der Waals surface area contributed by atoms with Crippen LogP contribution in [0.25, 0.3) is 0 Å². The molecule has 5 atom stereocenters. The second kappa shape index (κ2) is 4.28. The van der Waals surface area contributed by atoms with Crippen LogP contribution >= 0.6 is 0 Å². The van der Waals surface area contributed by atoms with E-state index in [1.54, 1.807) is 0 Å². The Morgan fingerprint density at radius 2 is 1.95 bits per heavy atom. The lowest BCUT2D eigenvalue weighted by atomic mass is 10.2. The molecule has 3 fully saturated rings. The molecule has 3 nitrogen and oxygen atoms in total. The SMILES string of the molecule is C=C1CC1C1CC1=C(NS(=O)[O-])C(F)=C1C(C)C1C. The van der Waals surface area contributed by atoms with E-state index in [-0.39, 0.29) is 23.4 Å². The van der Waals surface area contributed by atoms with Crippen LogP contribution < -0.4 is 4.72 Å². The molecule has 0 saturated heterocycles. The molecule has 19 heavy (non-hydrogen) atoms. The minimum absolute atomic E-state index is 0.198. The first-order valence-electron chi connectivity index (χ1n) is 6.58. The molecular weight excluding hydrogens is 265 g/mol. The smallest absolute Gasteiger partial charge is 0.146 e. The average molecular weight is 282 g/mol. The van der Waals surface area contributed by atoms with Gasteiger partial charge in [-0.05, 0) is 47.7 Å². The van der Waals surface area contributed by atoms with Crippen molar-refractivity contribution in [2.45, 2.75) is 26.7 Å². The van der Waals surface area contributed by atoms with Gasteiger partial charge in [0, 0.05) is 11.3 Å². The molecule has 0 spiro atoms. The van der Waals surface area contributed by atoms with Crippen LogP contribution in [0.4, 0.5) is 4.39 Å². The molecule has 0 aromatic rings. The highest BCUT2D eigenvalue weighted by Crippen LogP contribution is 2.59. The summed E-state index contributed by atoms with van der Waals surface area (Å²) >= 11 is -2.48. The van der Waals surface area contributed by atoms with Gasteiger partial charge in [0.25, 0.3) is 0 Å². The lowest BCUT2D eigenvalue weighted by Gasteiger charge is -2.11. The molecule has 104 valence electrons. The molecule has 0 amide bonds. The Hall–Kier alpha value is -0.940. The van der Waals surface area contributed by atoms with E-state index in [0.717, 1.165) is 24.0 Å². The zero-order valence-electron chi connectivity index (χ0n) is 11.0. The van der Waals surface area contributed by atoms with E-state index >= 15 is 0 Å². The van der Waals surface area contributed by atoms with E-state index < -0.39 is 11.3 Å². The lowest BCUT2D eigenvalue weighted by Crippen LogP contribution is -2.17. The molecule has 5 unspecified atom stereocenters. The summed E-state index contributed by atoms with van der Waals surface area (Å²) in [5, 5.41) is 0. The first kappa shape index (κ1) is 13.1. The zero-order valence-corrected chi connectivity index (χ0v) is 11.8. The maximum Gasteiger partial charge on any atom is 0.146 e. The Bertz CT molecular complexity index is 542. The van der Waals surface area contributed by atoms with Gasteiger partial charge in [-0.15, -0.1) is 0 Å². The van der Waals surface area contributed by atoms with Gasteiger partial charge in [-0.1, -0.05) is 26.0 Å². The molecule has 0 radical (unpaired) electrons. The number of allylic oxidation sites excluding steroid dienone is 4. The Morgan fingerprint density at radius 3 is 2.37 bits per heavy atom. The van der Waals surface area contributed by atoms with Crippen LogP contribution in [0.15, 0.2) is 34.8 Å². The molecule has 0 aromatic carbocycles. The van der Waals surface area contributed by atoms with Gasteiger partial charge in [-0.2, -0.15) is 0 Å². The highest BCUT2D eigenvalue weighted by molar-refractivity contribution is 7.77. The second-order valence-electron chi connectivity index (χ2n) is 5.86. The maximum absolute atomic E-state index is 14.4. The topological polar surface area (TPSA) is 52.2 Å². The number of hydrogen-bond acceptors (Lipinski definition) is 2. The van der Waals surface area contributed by atoms with Gasteiger partial charge >= 0.3 is 0 Å². The Morgan fingerprint density at radius 1 is 1.37 bits per heavy atom. The van der Waals surface area contributed by atoms with E-state index in [4.69, 9.17) is 0 Å². The lowest BCUT2D eigenvalue weighted by molar-refractivity contribution is 0.525. The number of rotatable bonds is 4. The van der Waals surface area contributed by atoms with E-state index in [0.29, 0.717) is 11.8 Å². The fraction of sp³-hybridized carbons (Fsp3) is 0.571. The maximum atomic E-state index is 14.4. The Kier molecular flexibility index (Phi) is 2.94. The number of hydrogen-bond donors (Lipinski definition) is 1. The van der Waals surface area contributed by atoms with E-state index in [2.05, 4.69) is 11.3 Å². The van der Waals surface area contributed by atoms with Gasteiger partial charge in [0.2, 0.25) is 0 Å². The summed E-state index contributed by atoms with van der Waals surface area (Å²) in [6, 6.07) is 0.